The smallest absolute Gasteiger partial charge is 0.394 e. The Morgan fingerprint density at radius 1 is 0.909 bits per heavy atom. The summed E-state index contributed by atoms with van der Waals surface area (Å²) in [5.41, 5.74) is 4.27. The lowest BCUT2D eigenvalue weighted by Crippen LogP contribution is -2.15. The van der Waals surface area contributed by atoms with E-state index in [1.54, 1.807) is 6.07 Å². The molecule has 2 aromatic rings. The monoisotopic (exact) mass is 298 g/mol. The van der Waals surface area contributed by atoms with E-state index in [0.717, 1.165) is 29.5 Å². The van der Waals surface area contributed by atoms with Crippen LogP contribution in [0, 0.1) is 13.8 Å². The zero-order chi connectivity index (χ0) is 16.1. The number of hydrogen-bond acceptors (Lipinski definition) is 3. The number of hydrogen-bond donors (Lipinski definition) is 0. The first-order valence-corrected chi connectivity index (χ1v) is 7.63. The topological polar surface area (TPSA) is 35.5 Å². The van der Waals surface area contributed by atoms with E-state index in [9.17, 15) is 4.79 Å². The molecule has 0 amide bonds. The zero-order valence-corrected chi connectivity index (χ0v) is 13.6. The molecule has 0 aliphatic rings. The molecule has 3 heteroatoms. The van der Waals surface area contributed by atoms with Crippen LogP contribution in [-0.4, -0.2) is 6.16 Å². The highest BCUT2D eigenvalue weighted by Gasteiger charge is 2.14. The molecule has 0 aliphatic heterocycles. The molecule has 0 fully saturated rings. The molecule has 0 atom stereocenters. The van der Waals surface area contributed by atoms with Crippen molar-refractivity contribution in [2.24, 2.45) is 0 Å². The summed E-state index contributed by atoms with van der Waals surface area (Å²) in [6.07, 6.45) is 1.03. The van der Waals surface area contributed by atoms with Crippen LogP contribution in [0.25, 0.3) is 0 Å². The van der Waals surface area contributed by atoms with Crippen molar-refractivity contribution in [1.82, 2.24) is 0 Å². The molecule has 0 aliphatic carbocycles. The number of ether oxygens (including phenoxy) is 2. The van der Waals surface area contributed by atoms with E-state index in [2.05, 4.69) is 19.9 Å². The lowest BCUT2D eigenvalue weighted by molar-refractivity contribution is 0.151. The molecule has 0 spiro atoms. The fraction of sp³-hybridized carbons (Fsp3) is 0.316. The van der Waals surface area contributed by atoms with Gasteiger partial charge in [0.05, 0.1) is 0 Å². The molecule has 22 heavy (non-hydrogen) atoms. The molecular weight excluding hydrogens is 276 g/mol. The van der Waals surface area contributed by atoms with Crippen LogP contribution >= 0.6 is 0 Å². The number of benzene rings is 2. The van der Waals surface area contributed by atoms with Crippen molar-refractivity contribution in [3.63, 3.8) is 0 Å². The molecule has 2 aromatic carbocycles. The molecule has 2 rings (SSSR count). The zero-order valence-electron chi connectivity index (χ0n) is 13.6. The van der Waals surface area contributed by atoms with Crippen LogP contribution in [0.15, 0.2) is 36.4 Å². The highest BCUT2D eigenvalue weighted by Crippen LogP contribution is 2.25. The SMILES string of the molecule is CCc1cccc(OC(=O)Oc2cccc(C)c2C)c1CC. The molecule has 3 nitrogen and oxygen atoms in total. The highest BCUT2D eigenvalue weighted by molar-refractivity contribution is 5.68. The first-order valence-electron chi connectivity index (χ1n) is 7.63. The van der Waals surface area contributed by atoms with Gasteiger partial charge in [0.1, 0.15) is 11.5 Å². The minimum atomic E-state index is -0.698. The van der Waals surface area contributed by atoms with Crippen LogP contribution in [0.2, 0.25) is 0 Å². The van der Waals surface area contributed by atoms with Gasteiger partial charge >= 0.3 is 6.16 Å². The van der Waals surface area contributed by atoms with Crippen molar-refractivity contribution < 1.29 is 14.3 Å². The third kappa shape index (κ3) is 3.48. The summed E-state index contributed by atoms with van der Waals surface area (Å²) in [5, 5.41) is 0. The number of aryl methyl sites for hydroxylation is 2. The van der Waals surface area contributed by atoms with Crippen LogP contribution in [0.1, 0.15) is 36.1 Å². The second kappa shape index (κ2) is 7.12. The Hall–Kier alpha value is -2.29. The quantitative estimate of drug-likeness (QED) is 0.588. The Bertz CT molecular complexity index is 674. The first kappa shape index (κ1) is 16.1. The predicted octanol–water partition coefficient (Wildman–Crippen LogP) is 5.01. The molecule has 0 N–H and O–H groups in total. The molecule has 0 heterocycles. The summed E-state index contributed by atoms with van der Waals surface area (Å²) < 4.78 is 10.8. The Labute approximate surface area is 131 Å². The molecule has 0 aromatic heterocycles. The largest absolute Gasteiger partial charge is 0.519 e. The van der Waals surface area contributed by atoms with E-state index >= 15 is 0 Å². The number of rotatable bonds is 4. The Morgan fingerprint density at radius 3 is 2.23 bits per heavy atom. The molecule has 116 valence electrons. The Morgan fingerprint density at radius 2 is 1.55 bits per heavy atom. The summed E-state index contributed by atoms with van der Waals surface area (Å²) in [6.45, 7) is 8.05. The molecule has 0 saturated carbocycles. The summed E-state index contributed by atoms with van der Waals surface area (Å²) in [6, 6.07) is 11.4. The standard InChI is InChI=1S/C19H22O3/c1-5-15-10-8-12-18(16(15)6-2)22-19(20)21-17-11-7-9-13(3)14(17)4/h7-12H,5-6H2,1-4H3. The average Bonchev–Trinajstić information content (AvgIpc) is 2.51. The normalized spacial score (nSPS) is 10.4. The van der Waals surface area contributed by atoms with Gasteiger partial charge in [-0.3, -0.25) is 0 Å². The molecule has 0 bridgehead atoms. The third-order valence-electron chi connectivity index (χ3n) is 3.91. The second-order valence-corrected chi connectivity index (χ2v) is 5.25. The minimum Gasteiger partial charge on any atom is -0.394 e. The third-order valence-corrected chi connectivity index (χ3v) is 3.91. The highest BCUT2D eigenvalue weighted by atomic mass is 16.7. The summed E-state index contributed by atoms with van der Waals surface area (Å²) in [4.78, 5) is 12.1. The Kier molecular flexibility index (Phi) is 5.21. The maximum absolute atomic E-state index is 12.1. The van der Waals surface area contributed by atoms with Crippen LogP contribution in [0.5, 0.6) is 11.5 Å². The summed E-state index contributed by atoms with van der Waals surface area (Å²) in [7, 11) is 0. The molecule has 0 saturated heterocycles. The maximum Gasteiger partial charge on any atom is 0.519 e. The van der Waals surface area contributed by atoms with Crippen LogP contribution in [-0.2, 0) is 12.8 Å². The first-order chi connectivity index (χ1) is 10.6. The van der Waals surface area contributed by atoms with E-state index < -0.39 is 6.16 Å². The fourth-order valence-electron chi connectivity index (χ4n) is 2.47. The van der Waals surface area contributed by atoms with E-state index in [1.807, 2.05) is 38.1 Å². The van der Waals surface area contributed by atoms with E-state index in [-0.39, 0.29) is 0 Å². The molecular formula is C19H22O3. The van der Waals surface area contributed by atoms with Crippen molar-refractivity contribution >= 4 is 6.16 Å². The van der Waals surface area contributed by atoms with E-state index in [1.165, 1.54) is 5.56 Å². The second-order valence-electron chi connectivity index (χ2n) is 5.25. The Balaban J connectivity index is 2.17. The van der Waals surface area contributed by atoms with Crippen molar-refractivity contribution in [1.29, 1.82) is 0 Å². The maximum atomic E-state index is 12.1. The van der Waals surface area contributed by atoms with Gasteiger partial charge in [-0.15, -0.1) is 0 Å². The van der Waals surface area contributed by atoms with Gasteiger partial charge < -0.3 is 9.47 Å². The van der Waals surface area contributed by atoms with E-state index in [0.29, 0.717) is 11.5 Å². The van der Waals surface area contributed by atoms with Crippen molar-refractivity contribution in [3.8, 4) is 11.5 Å². The summed E-state index contributed by atoms with van der Waals surface area (Å²) >= 11 is 0. The van der Waals surface area contributed by atoms with Gasteiger partial charge in [0.25, 0.3) is 0 Å². The van der Waals surface area contributed by atoms with Gasteiger partial charge in [-0.25, -0.2) is 4.79 Å². The molecule has 0 unspecified atom stereocenters. The minimum absolute atomic E-state index is 0.537. The lowest BCUT2D eigenvalue weighted by atomic mass is 10.0. The van der Waals surface area contributed by atoms with Gasteiger partial charge in [0, 0.05) is 0 Å². The van der Waals surface area contributed by atoms with Gasteiger partial charge in [0.15, 0.2) is 0 Å². The van der Waals surface area contributed by atoms with Gasteiger partial charge in [-0.2, -0.15) is 0 Å². The molecule has 0 radical (unpaired) electrons. The number of carbonyl (C=O) groups excluding carboxylic acids is 1. The van der Waals surface area contributed by atoms with Gasteiger partial charge in [-0.05, 0) is 61.1 Å². The van der Waals surface area contributed by atoms with Gasteiger partial charge in [-0.1, -0.05) is 38.1 Å². The van der Waals surface area contributed by atoms with Gasteiger partial charge in [0.2, 0.25) is 0 Å². The number of carbonyl (C=O) groups is 1. The lowest BCUT2D eigenvalue weighted by Gasteiger charge is -2.13. The van der Waals surface area contributed by atoms with Crippen molar-refractivity contribution in [2.75, 3.05) is 0 Å². The van der Waals surface area contributed by atoms with Crippen LogP contribution in [0.4, 0.5) is 4.79 Å². The fourth-order valence-corrected chi connectivity index (χ4v) is 2.47. The van der Waals surface area contributed by atoms with Crippen molar-refractivity contribution in [3.05, 3.63) is 58.7 Å². The van der Waals surface area contributed by atoms with Crippen LogP contribution < -0.4 is 9.47 Å². The summed E-state index contributed by atoms with van der Waals surface area (Å²) in [5.74, 6) is 1.12. The average molecular weight is 298 g/mol. The van der Waals surface area contributed by atoms with Crippen LogP contribution in [0.3, 0.4) is 0 Å². The van der Waals surface area contributed by atoms with E-state index in [4.69, 9.17) is 9.47 Å². The van der Waals surface area contributed by atoms with Crippen molar-refractivity contribution in [2.45, 2.75) is 40.5 Å². The predicted molar refractivity (Wildman–Crippen MR) is 87.8 cm³/mol.